The Balaban J connectivity index is 2.11. The molecule has 2 heteroatoms. The fraction of sp³-hybridized carbons (Fsp3) is 0.714. The van der Waals surface area contributed by atoms with Crippen LogP contribution in [-0.4, -0.2) is 17.6 Å². The van der Waals surface area contributed by atoms with E-state index in [0.717, 1.165) is 12.5 Å². The molecule has 0 radical (unpaired) electrons. The Labute approximate surface area is 98.8 Å². The van der Waals surface area contributed by atoms with Gasteiger partial charge in [-0.25, -0.2) is 0 Å². The van der Waals surface area contributed by atoms with Crippen LogP contribution in [0.25, 0.3) is 0 Å². The molecule has 0 amide bonds. The lowest BCUT2D eigenvalue weighted by Gasteiger charge is -2.38. The molecule has 0 bridgehead atoms. The van der Waals surface area contributed by atoms with Gasteiger partial charge in [-0.3, -0.25) is 0 Å². The summed E-state index contributed by atoms with van der Waals surface area (Å²) in [6, 6.07) is 2.89. The lowest BCUT2D eigenvalue weighted by Crippen LogP contribution is -2.45. The summed E-state index contributed by atoms with van der Waals surface area (Å²) < 4.78 is 0. The molecule has 1 saturated heterocycles. The Bertz CT molecular complexity index is 346. The number of piperidine rings is 1. The van der Waals surface area contributed by atoms with Gasteiger partial charge in [0.05, 0.1) is 0 Å². The molecule has 90 valence electrons. The van der Waals surface area contributed by atoms with Crippen LogP contribution < -0.4 is 5.32 Å². The zero-order valence-corrected chi connectivity index (χ0v) is 10.9. The van der Waals surface area contributed by atoms with Crippen molar-refractivity contribution in [3.63, 3.8) is 0 Å². The summed E-state index contributed by atoms with van der Waals surface area (Å²) >= 11 is 0. The molecule has 2 nitrogen and oxygen atoms in total. The van der Waals surface area contributed by atoms with Gasteiger partial charge in [0.2, 0.25) is 0 Å². The molecule has 0 saturated carbocycles. The van der Waals surface area contributed by atoms with Crippen molar-refractivity contribution < 1.29 is 0 Å². The molecular weight excluding hydrogens is 196 g/mol. The normalized spacial score (nSPS) is 27.0. The first kappa shape index (κ1) is 11.7. The molecule has 2 N–H and O–H groups in total. The van der Waals surface area contributed by atoms with Crippen LogP contribution in [0.5, 0.6) is 0 Å². The van der Waals surface area contributed by atoms with Crippen molar-refractivity contribution in [2.24, 2.45) is 5.41 Å². The summed E-state index contributed by atoms with van der Waals surface area (Å²) in [4.78, 5) is 3.30. The standard InChI is InChI=1S/C14H24N2/c1-10-12(6-8-15-10)11-5-7-16-13(9-11)14(2,3)4/h6,8,11,13,15-16H,5,7,9H2,1-4H3. The molecule has 2 atom stereocenters. The number of aromatic nitrogens is 1. The third-order valence-corrected chi connectivity index (χ3v) is 3.88. The highest BCUT2D eigenvalue weighted by atomic mass is 14.9. The lowest BCUT2D eigenvalue weighted by atomic mass is 9.76. The van der Waals surface area contributed by atoms with Crippen molar-refractivity contribution in [2.45, 2.75) is 52.5 Å². The number of H-pyrrole nitrogens is 1. The third kappa shape index (κ3) is 2.32. The Kier molecular flexibility index (Phi) is 3.11. The van der Waals surface area contributed by atoms with Gasteiger partial charge in [0, 0.05) is 17.9 Å². The Morgan fingerprint density at radius 3 is 2.62 bits per heavy atom. The van der Waals surface area contributed by atoms with Crippen LogP contribution in [0.3, 0.4) is 0 Å². The maximum Gasteiger partial charge on any atom is 0.0150 e. The van der Waals surface area contributed by atoms with E-state index in [1.54, 1.807) is 0 Å². The van der Waals surface area contributed by atoms with E-state index < -0.39 is 0 Å². The van der Waals surface area contributed by atoms with Crippen molar-refractivity contribution in [2.75, 3.05) is 6.54 Å². The van der Waals surface area contributed by atoms with Crippen molar-refractivity contribution >= 4 is 0 Å². The largest absolute Gasteiger partial charge is 0.365 e. The minimum Gasteiger partial charge on any atom is -0.365 e. The van der Waals surface area contributed by atoms with Crippen molar-refractivity contribution in [3.8, 4) is 0 Å². The second kappa shape index (κ2) is 4.25. The Morgan fingerprint density at radius 2 is 2.06 bits per heavy atom. The van der Waals surface area contributed by atoms with Crippen molar-refractivity contribution in [3.05, 3.63) is 23.5 Å². The molecule has 1 aromatic rings. The molecule has 0 aromatic carbocycles. The van der Waals surface area contributed by atoms with E-state index in [0.29, 0.717) is 11.5 Å². The number of nitrogens with one attached hydrogen (secondary N) is 2. The minimum absolute atomic E-state index is 0.364. The van der Waals surface area contributed by atoms with Crippen LogP contribution in [0.4, 0.5) is 0 Å². The van der Waals surface area contributed by atoms with E-state index in [4.69, 9.17) is 0 Å². The van der Waals surface area contributed by atoms with Crippen LogP contribution in [0.15, 0.2) is 12.3 Å². The van der Waals surface area contributed by atoms with E-state index in [9.17, 15) is 0 Å². The molecule has 1 aliphatic heterocycles. The Morgan fingerprint density at radius 1 is 1.31 bits per heavy atom. The Hall–Kier alpha value is -0.760. The monoisotopic (exact) mass is 220 g/mol. The summed E-state index contributed by atoms with van der Waals surface area (Å²) in [7, 11) is 0. The number of hydrogen-bond acceptors (Lipinski definition) is 1. The number of rotatable bonds is 1. The number of aromatic amines is 1. The van der Waals surface area contributed by atoms with Gasteiger partial charge in [0.15, 0.2) is 0 Å². The average molecular weight is 220 g/mol. The summed E-state index contributed by atoms with van der Waals surface area (Å²) in [5.41, 5.74) is 3.23. The molecule has 2 unspecified atom stereocenters. The van der Waals surface area contributed by atoms with Gasteiger partial charge in [0.1, 0.15) is 0 Å². The van der Waals surface area contributed by atoms with Crippen LogP contribution in [0.2, 0.25) is 0 Å². The van der Waals surface area contributed by atoms with Crippen molar-refractivity contribution in [1.82, 2.24) is 10.3 Å². The van der Waals surface area contributed by atoms with E-state index in [-0.39, 0.29) is 0 Å². The van der Waals surface area contributed by atoms with Gasteiger partial charge in [-0.1, -0.05) is 20.8 Å². The molecule has 2 heterocycles. The molecule has 1 aliphatic rings. The van der Waals surface area contributed by atoms with E-state index in [2.05, 4.69) is 50.3 Å². The van der Waals surface area contributed by atoms with Gasteiger partial charge in [-0.2, -0.15) is 0 Å². The molecule has 1 fully saturated rings. The zero-order chi connectivity index (χ0) is 11.8. The van der Waals surface area contributed by atoms with Gasteiger partial charge >= 0.3 is 0 Å². The SMILES string of the molecule is Cc1[nH]ccc1C1CCNC(C(C)(C)C)C1. The summed E-state index contributed by atoms with van der Waals surface area (Å²) in [6.07, 6.45) is 4.60. The topological polar surface area (TPSA) is 27.8 Å². The first-order chi connectivity index (χ1) is 7.48. The second-order valence-electron chi connectivity index (χ2n) is 6.15. The molecule has 2 rings (SSSR count). The fourth-order valence-electron chi connectivity index (χ4n) is 2.77. The summed E-state index contributed by atoms with van der Waals surface area (Å²) in [5.74, 6) is 0.733. The molecule has 0 aliphatic carbocycles. The smallest absolute Gasteiger partial charge is 0.0150 e. The number of aryl methyl sites for hydroxylation is 1. The van der Waals surface area contributed by atoms with Crippen LogP contribution >= 0.6 is 0 Å². The van der Waals surface area contributed by atoms with Crippen LogP contribution in [0, 0.1) is 12.3 Å². The minimum atomic E-state index is 0.364. The highest BCUT2D eigenvalue weighted by Crippen LogP contribution is 2.35. The van der Waals surface area contributed by atoms with Gasteiger partial charge < -0.3 is 10.3 Å². The van der Waals surface area contributed by atoms with Gasteiger partial charge in [-0.15, -0.1) is 0 Å². The third-order valence-electron chi connectivity index (χ3n) is 3.88. The molecule has 0 spiro atoms. The highest BCUT2D eigenvalue weighted by Gasteiger charge is 2.31. The zero-order valence-electron chi connectivity index (χ0n) is 10.9. The molecule has 16 heavy (non-hydrogen) atoms. The van der Waals surface area contributed by atoms with Gasteiger partial charge in [0.25, 0.3) is 0 Å². The fourth-order valence-corrected chi connectivity index (χ4v) is 2.77. The molecular formula is C14H24N2. The molecule has 1 aromatic heterocycles. The number of hydrogen-bond donors (Lipinski definition) is 2. The highest BCUT2D eigenvalue weighted by molar-refractivity contribution is 5.24. The van der Waals surface area contributed by atoms with Gasteiger partial charge in [-0.05, 0) is 49.3 Å². The predicted octanol–water partition coefficient (Wildman–Crippen LogP) is 3.20. The maximum atomic E-state index is 3.66. The predicted molar refractivity (Wildman–Crippen MR) is 68.8 cm³/mol. The first-order valence-electron chi connectivity index (χ1n) is 6.36. The first-order valence-corrected chi connectivity index (χ1v) is 6.36. The van der Waals surface area contributed by atoms with E-state index in [1.165, 1.54) is 24.1 Å². The maximum absolute atomic E-state index is 3.66. The van der Waals surface area contributed by atoms with Crippen molar-refractivity contribution in [1.29, 1.82) is 0 Å². The lowest BCUT2D eigenvalue weighted by molar-refractivity contribution is 0.211. The summed E-state index contributed by atoms with van der Waals surface area (Å²) in [6.45, 7) is 10.3. The second-order valence-corrected chi connectivity index (χ2v) is 6.15. The van der Waals surface area contributed by atoms with Crippen LogP contribution in [-0.2, 0) is 0 Å². The average Bonchev–Trinajstić information content (AvgIpc) is 2.63. The quantitative estimate of drug-likeness (QED) is 0.747. The summed E-state index contributed by atoms with van der Waals surface area (Å²) in [5, 5.41) is 3.66. The van der Waals surface area contributed by atoms with E-state index in [1.807, 2.05) is 0 Å². The van der Waals surface area contributed by atoms with E-state index >= 15 is 0 Å². The van der Waals surface area contributed by atoms with Crippen LogP contribution in [0.1, 0.15) is 50.8 Å².